The number of anilines is 1. The Morgan fingerprint density at radius 2 is 2.25 bits per heavy atom. The normalized spacial score (nSPS) is 22.6. The third kappa shape index (κ3) is 3.49. The van der Waals surface area contributed by atoms with Gasteiger partial charge in [0, 0.05) is 29.2 Å². The van der Waals surface area contributed by atoms with E-state index in [1.165, 1.54) is 0 Å². The molecule has 1 aliphatic heterocycles. The van der Waals surface area contributed by atoms with Crippen molar-refractivity contribution in [2.45, 2.75) is 18.6 Å². The molecule has 0 aliphatic carbocycles. The summed E-state index contributed by atoms with van der Waals surface area (Å²) in [6, 6.07) is 6.20. The van der Waals surface area contributed by atoms with Gasteiger partial charge >= 0.3 is 0 Å². The predicted molar refractivity (Wildman–Crippen MR) is 90.3 cm³/mol. The number of β-amino-alcohol motifs (C(OH)–C–C–N with tert-alkyl or cyclic N) is 1. The summed E-state index contributed by atoms with van der Waals surface area (Å²) in [6.45, 7) is 1.57. The minimum absolute atomic E-state index is 0.276. The predicted octanol–water partition coefficient (Wildman–Crippen LogP) is 1.58. The first kappa shape index (κ1) is 15.7. The van der Waals surface area contributed by atoms with E-state index in [2.05, 4.69) is 25.7 Å². The van der Waals surface area contributed by atoms with Gasteiger partial charge in [-0.3, -0.25) is 0 Å². The van der Waals surface area contributed by atoms with Crippen molar-refractivity contribution in [2.75, 3.05) is 32.1 Å². The van der Waals surface area contributed by atoms with Gasteiger partial charge in [0.1, 0.15) is 4.99 Å². The van der Waals surface area contributed by atoms with Gasteiger partial charge in [0.05, 0.1) is 11.8 Å². The second-order valence-corrected chi connectivity index (χ2v) is 6.78. The number of halogens is 1. The number of aliphatic hydroxyl groups excluding tert-OH is 1. The van der Waals surface area contributed by atoms with Crippen molar-refractivity contribution < 1.29 is 5.11 Å². The van der Waals surface area contributed by atoms with Crippen molar-refractivity contribution >= 4 is 38.8 Å². The van der Waals surface area contributed by atoms with E-state index in [0.717, 1.165) is 28.7 Å². The number of hydrogen-bond donors (Lipinski definition) is 2. The van der Waals surface area contributed by atoms with E-state index < -0.39 is 0 Å². The number of aliphatic hydroxyl groups is 1. The van der Waals surface area contributed by atoms with Gasteiger partial charge in [-0.2, -0.15) is 0 Å². The van der Waals surface area contributed by atoms with Crippen molar-refractivity contribution in [1.82, 2.24) is 4.90 Å². The zero-order chi connectivity index (χ0) is 14.9. The highest BCUT2D eigenvalue weighted by Crippen LogP contribution is 2.33. The lowest BCUT2D eigenvalue weighted by Gasteiger charge is -2.29. The Bertz CT molecular complexity index is 509. The molecule has 1 heterocycles. The Labute approximate surface area is 133 Å². The SMILES string of the molecule is CN(C)CC1CC(O)CN1c1ccc(C(N)=S)cc1Br. The van der Waals surface area contributed by atoms with Crippen LogP contribution in [0.15, 0.2) is 22.7 Å². The number of likely N-dealkylation sites (N-methyl/N-ethyl adjacent to an activating group) is 1. The van der Waals surface area contributed by atoms with E-state index in [-0.39, 0.29) is 6.10 Å². The highest BCUT2D eigenvalue weighted by Gasteiger charge is 2.32. The molecule has 0 radical (unpaired) electrons. The summed E-state index contributed by atoms with van der Waals surface area (Å²) in [5.41, 5.74) is 7.58. The molecule has 3 N–H and O–H groups in total. The molecule has 1 saturated heterocycles. The lowest BCUT2D eigenvalue weighted by atomic mass is 10.1. The van der Waals surface area contributed by atoms with Gasteiger partial charge in [0.2, 0.25) is 0 Å². The molecule has 6 heteroatoms. The third-order valence-electron chi connectivity index (χ3n) is 3.51. The van der Waals surface area contributed by atoms with Crippen molar-refractivity contribution in [2.24, 2.45) is 5.73 Å². The zero-order valence-electron chi connectivity index (χ0n) is 11.7. The molecule has 4 nitrogen and oxygen atoms in total. The Morgan fingerprint density at radius 1 is 1.55 bits per heavy atom. The maximum atomic E-state index is 9.96. The van der Waals surface area contributed by atoms with Crippen LogP contribution in [0.3, 0.4) is 0 Å². The van der Waals surface area contributed by atoms with Crippen LogP contribution in [0, 0.1) is 0 Å². The van der Waals surface area contributed by atoms with Crippen molar-refractivity contribution in [3.05, 3.63) is 28.2 Å². The highest BCUT2D eigenvalue weighted by molar-refractivity contribution is 9.10. The fourth-order valence-corrected chi connectivity index (χ4v) is 3.41. The molecule has 0 saturated carbocycles. The molecule has 1 aromatic carbocycles. The summed E-state index contributed by atoms with van der Waals surface area (Å²) in [4.78, 5) is 4.79. The summed E-state index contributed by atoms with van der Waals surface area (Å²) < 4.78 is 0.959. The van der Waals surface area contributed by atoms with E-state index in [0.29, 0.717) is 17.6 Å². The molecule has 1 aliphatic rings. The molecule has 110 valence electrons. The Morgan fingerprint density at radius 3 is 2.80 bits per heavy atom. The van der Waals surface area contributed by atoms with Crippen molar-refractivity contribution in [3.63, 3.8) is 0 Å². The summed E-state index contributed by atoms with van der Waals surface area (Å²) in [5, 5.41) is 9.96. The fourth-order valence-electron chi connectivity index (χ4n) is 2.67. The van der Waals surface area contributed by atoms with E-state index >= 15 is 0 Å². The van der Waals surface area contributed by atoms with Crippen molar-refractivity contribution in [3.8, 4) is 0 Å². The molecular formula is C14H20BrN3OS. The molecule has 20 heavy (non-hydrogen) atoms. The molecule has 1 fully saturated rings. The van der Waals surface area contributed by atoms with Gasteiger partial charge in [0.15, 0.2) is 0 Å². The maximum absolute atomic E-state index is 9.96. The molecule has 0 amide bonds. The second-order valence-electron chi connectivity index (χ2n) is 5.49. The molecule has 2 atom stereocenters. The van der Waals surface area contributed by atoms with Crippen molar-refractivity contribution in [1.29, 1.82) is 0 Å². The highest BCUT2D eigenvalue weighted by atomic mass is 79.9. The first-order valence-corrected chi connectivity index (χ1v) is 7.77. The standard InChI is InChI=1S/C14H20BrN3OS/c1-17(2)7-10-6-11(19)8-18(10)13-4-3-9(14(16)20)5-12(13)15/h3-5,10-11,19H,6-8H2,1-2H3,(H2,16,20). The number of nitrogens with two attached hydrogens (primary N) is 1. The molecule has 0 spiro atoms. The van der Waals surface area contributed by atoms with Crippen LogP contribution in [0.1, 0.15) is 12.0 Å². The Hall–Kier alpha value is -0.690. The van der Waals surface area contributed by atoms with Gasteiger partial charge in [-0.1, -0.05) is 12.2 Å². The molecule has 0 bridgehead atoms. The lowest BCUT2D eigenvalue weighted by molar-refractivity contribution is 0.191. The maximum Gasteiger partial charge on any atom is 0.104 e. The van der Waals surface area contributed by atoms with Gasteiger partial charge < -0.3 is 20.6 Å². The smallest absolute Gasteiger partial charge is 0.104 e. The monoisotopic (exact) mass is 357 g/mol. The van der Waals surface area contributed by atoms with E-state index in [1.807, 2.05) is 32.3 Å². The van der Waals surface area contributed by atoms with E-state index in [1.54, 1.807) is 0 Å². The number of rotatable bonds is 4. The first-order valence-electron chi connectivity index (χ1n) is 6.57. The van der Waals surface area contributed by atoms with E-state index in [4.69, 9.17) is 18.0 Å². The van der Waals surface area contributed by atoms with Gasteiger partial charge in [-0.25, -0.2) is 0 Å². The van der Waals surface area contributed by atoms with Crippen LogP contribution in [-0.4, -0.2) is 54.3 Å². The fraction of sp³-hybridized carbons (Fsp3) is 0.500. The molecular weight excluding hydrogens is 338 g/mol. The molecule has 2 rings (SSSR count). The van der Waals surface area contributed by atoms with Crippen LogP contribution < -0.4 is 10.6 Å². The second kappa shape index (κ2) is 6.39. The molecule has 1 aromatic rings. The van der Waals surface area contributed by atoms with Gasteiger partial charge in [-0.05, 0) is 54.6 Å². The molecule has 2 unspecified atom stereocenters. The average molecular weight is 358 g/mol. The summed E-state index contributed by atoms with van der Waals surface area (Å²) in [5.74, 6) is 0. The summed E-state index contributed by atoms with van der Waals surface area (Å²) >= 11 is 8.58. The number of nitrogens with zero attached hydrogens (tertiary/aromatic N) is 2. The van der Waals surface area contributed by atoms with Crippen LogP contribution in [0.25, 0.3) is 0 Å². The Balaban J connectivity index is 2.27. The van der Waals surface area contributed by atoms with Crippen LogP contribution in [0.4, 0.5) is 5.69 Å². The largest absolute Gasteiger partial charge is 0.391 e. The minimum Gasteiger partial charge on any atom is -0.391 e. The first-order chi connectivity index (χ1) is 9.38. The molecule has 0 aromatic heterocycles. The number of hydrogen-bond acceptors (Lipinski definition) is 4. The van der Waals surface area contributed by atoms with Crippen LogP contribution in [0.5, 0.6) is 0 Å². The Kier molecular flexibility index (Phi) is 5.01. The minimum atomic E-state index is -0.276. The van der Waals surface area contributed by atoms with E-state index in [9.17, 15) is 5.11 Å². The number of thiocarbonyl (C=S) groups is 1. The average Bonchev–Trinajstić information content (AvgIpc) is 2.68. The third-order valence-corrected chi connectivity index (χ3v) is 4.38. The quantitative estimate of drug-likeness (QED) is 0.801. The topological polar surface area (TPSA) is 52.7 Å². The zero-order valence-corrected chi connectivity index (χ0v) is 14.1. The summed E-state index contributed by atoms with van der Waals surface area (Å²) in [7, 11) is 4.10. The summed E-state index contributed by atoms with van der Waals surface area (Å²) in [6.07, 6.45) is 0.518. The van der Waals surface area contributed by atoms with Gasteiger partial charge in [0.25, 0.3) is 0 Å². The van der Waals surface area contributed by atoms with Gasteiger partial charge in [-0.15, -0.1) is 0 Å². The van der Waals surface area contributed by atoms with Crippen LogP contribution >= 0.6 is 28.1 Å². The van der Waals surface area contributed by atoms with Crippen LogP contribution in [-0.2, 0) is 0 Å². The van der Waals surface area contributed by atoms with Crippen LogP contribution in [0.2, 0.25) is 0 Å². The lowest BCUT2D eigenvalue weighted by Crippen LogP contribution is -2.37. The number of benzene rings is 1.